The number of hydrogen-bond acceptors (Lipinski definition) is 2. The van der Waals surface area contributed by atoms with Crippen LogP contribution in [-0.2, 0) is 23.3 Å². The molecule has 0 saturated heterocycles. The minimum atomic E-state index is -3.89. The maximum Gasteiger partial charge on any atom is 0.327 e. The first-order valence-corrected chi connectivity index (χ1v) is 9.73. The number of fused-ring (bicyclic) bond motifs is 1. The molecule has 3 aromatic carbocycles. The Morgan fingerprint density at radius 1 is 0.667 bits per heavy atom. The number of hydrogen-bond donors (Lipinski definition) is 0. The van der Waals surface area contributed by atoms with E-state index in [-0.39, 0.29) is 13.1 Å². The van der Waals surface area contributed by atoms with Gasteiger partial charge in [-0.25, -0.2) is 17.4 Å². The molecule has 0 radical (unpaired) electrons. The number of benzene rings is 3. The molecule has 0 N–H and O–H groups in total. The second-order valence-corrected chi connectivity index (χ2v) is 8.05. The lowest BCUT2D eigenvalue weighted by Crippen LogP contribution is -2.37. The second-order valence-electron chi connectivity index (χ2n) is 6.27. The molecule has 0 bridgehead atoms. The summed E-state index contributed by atoms with van der Waals surface area (Å²) in [4.78, 5) is 0. The van der Waals surface area contributed by atoms with Crippen LogP contribution in [0.5, 0.6) is 0 Å². The summed E-state index contributed by atoms with van der Waals surface area (Å²) in [5, 5.41) is 0. The van der Waals surface area contributed by atoms with Gasteiger partial charge in [0.25, 0.3) is 0 Å². The lowest BCUT2D eigenvalue weighted by atomic mass is 10.2. The quantitative estimate of drug-likeness (QED) is 0.673. The summed E-state index contributed by atoms with van der Waals surface area (Å²) in [5.74, 6) is -0.844. The van der Waals surface area contributed by atoms with E-state index in [1.165, 1.54) is 32.9 Å². The van der Waals surface area contributed by atoms with Gasteiger partial charge >= 0.3 is 10.2 Å². The second kappa shape index (κ2) is 6.66. The van der Waals surface area contributed by atoms with Crippen LogP contribution in [0.15, 0.2) is 72.8 Å². The number of para-hydroxylation sites is 2. The van der Waals surface area contributed by atoms with E-state index in [9.17, 15) is 17.2 Å². The lowest BCUT2D eigenvalue weighted by Gasteiger charge is -2.22. The molecule has 1 aliphatic heterocycles. The van der Waals surface area contributed by atoms with E-state index >= 15 is 0 Å². The van der Waals surface area contributed by atoms with Gasteiger partial charge in [0.1, 0.15) is 11.6 Å². The van der Waals surface area contributed by atoms with Gasteiger partial charge in [-0.1, -0.05) is 36.4 Å². The van der Waals surface area contributed by atoms with Gasteiger partial charge in [0.2, 0.25) is 0 Å². The van der Waals surface area contributed by atoms with Crippen LogP contribution in [0.25, 0.3) is 0 Å². The fraction of sp³-hybridized carbons (Fsp3) is 0.100. The molecule has 0 spiro atoms. The van der Waals surface area contributed by atoms with Crippen LogP contribution in [-0.4, -0.2) is 8.42 Å². The Labute approximate surface area is 156 Å². The SMILES string of the molecule is O=S1(=O)N(Cc2cccc(F)c2)c2ccccc2N1Cc1cccc(F)c1. The highest BCUT2D eigenvalue weighted by Gasteiger charge is 2.40. The molecule has 138 valence electrons. The Bertz CT molecular complexity index is 1020. The lowest BCUT2D eigenvalue weighted by molar-refractivity contribution is 0.587. The number of anilines is 2. The normalized spacial score (nSPS) is 15.0. The molecule has 1 aliphatic rings. The van der Waals surface area contributed by atoms with E-state index in [1.54, 1.807) is 48.5 Å². The zero-order valence-electron chi connectivity index (χ0n) is 14.2. The van der Waals surface area contributed by atoms with Gasteiger partial charge < -0.3 is 0 Å². The Balaban J connectivity index is 1.73. The van der Waals surface area contributed by atoms with Crippen molar-refractivity contribution in [2.75, 3.05) is 8.61 Å². The smallest absolute Gasteiger partial charge is 0.247 e. The molecule has 7 heteroatoms. The van der Waals surface area contributed by atoms with E-state index in [0.717, 1.165) is 0 Å². The Morgan fingerprint density at radius 3 is 1.52 bits per heavy atom. The average molecular weight is 386 g/mol. The molecule has 0 aromatic heterocycles. The summed E-state index contributed by atoms with van der Waals surface area (Å²) < 4.78 is 55.9. The highest BCUT2D eigenvalue weighted by atomic mass is 32.2. The largest absolute Gasteiger partial charge is 0.327 e. The van der Waals surface area contributed by atoms with Crippen LogP contribution in [0.1, 0.15) is 11.1 Å². The zero-order valence-corrected chi connectivity index (χ0v) is 15.0. The van der Waals surface area contributed by atoms with Crippen molar-refractivity contribution in [3.63, 3.8) is 0 Å². The first-order chi connectivity index (χ1) is 12.9. The van der Waals surface area contributed by atoms with Crippen LogP contribution in [0.4, 0.5) is 20.2 Å². The molecule has 1 heterocycles. The summed E-state index contributed by atoms with van der Waals surface area (Å²) in [6.45, 7) is 0.0213. The molecule has 4 nitrogen and oxygen atoms in total. The van der Waals surface area contributed by atoms with Crippen LogP contribution in [0.3, 0.4) is 0 Å². The van der Waals surface area contributed by atoms with Crippen molar-refractivity contribution in [2.45, 2.75) is 13.1 Å². The summed E-state index contributed by atoms with van der Waals surface area (Å²) >= 11 is 0. The minimum absolute atomic E-state index is 0.0107. The first kappa shape index (κ1) is 17.5. The molecule has 3 aromatic rings. The topological polar surface area (TPSA) is 40.6 Å². The third-order valence-electron chi connectivity index (χ3n) is 4.41. The van der Waals surface area contributed by atoms with Crippen molar-refractivity contribution in [3.8, 4) is 0 Å². The van der Waals surface area contributed by atoms with Crippen molar-refractivity contribution >= 4 is 21.6 Å². The molecular weight excluding hydrogens is 370 g/mol. The third-order valence-corrected chi connectivity index (χ3v) is 6.17. The van der Waals surface area contributed by atoms with Gasteiger partial charge in [-0.2, -0.15) is 8.42 Å². The fourth-order valence-electron chi connectivity index (χ4n) is 3.19. The average Bonchev–Trinajstić information content (AvgIpc) is 2.83. The summed E-state index contributed by atoms with van der Waals surface area (Å²) in [6, 6.07) is 18.6. The van der Waals surface area contributed by atoms with Crippen LogP contribution < -0.4 is 8.61 Å². The Morgan fingerprint density at radius 2 is 1.11 bits per heavy atom. The van der Waals surface area contributed by atoms with Crippen molar-refractivity contribution in [1.82, 2.24) is 0 Å². The van der Waals surface area contributed by atoms with E-state index in [4.69, 9.17) is 0 Å². The molecule has 0 atom stereocenters. The summed E-state index contributed by atoms with van der Waals surface area (Å²) in [5.41, 5.74) is 2.11. The highest BCUT2D eigenvalue weighted by molar-refractivity contribution is 7.94. The van der Waals surface area contributed by atoms with Gasteiger partial charge in [0.15, 0.2) is 0 Å². The van der Waals surface area contributed by atoms with Crippen LogP contribution in [0.2, 0.25) is 0 Å². The van der Waals surface area contributed by atoms with Gasteiger partial charge in [-0.3, -0.25) is 0 Å². The van der Waals surface area contributed by atoms with E-state index < -0.39 is 21.8 Å². The molecule has 0 aliphatic carbocycles. The maximum absolute atomic E-state index is 13.5. The van der Waals surface area contributed by atoms with Gasteiger partial charge in [-0.05, 0) is 47.5 Å². The predicted molar refractivity (Wildman–Crippen MR) is 101 cm³/mol. The Hall–Kier alpha value is -2.93. The van der Waals surface area contributed by atoms with Gasteiger partial charge in [0.05, 0.1) is 24.5 Å². The Kier molecular flexibility index (Phi) is 4.31. The molecule has 0 unspecified atom stereocenters. The van der Waals surface area contributed by atoms with E-state index in [2.05, 4.69) is 0 Å². The van der Waals surface area contributed by atoms with E-state index in [1.807, 2.05) is 0 Å². The third kappa shape index (κ3) is 3.26. The highest BCUT2D eigenvalue weighted by Crippen LogP contribution is 2.42. The van der Waals surface area contributed by atoms with Crippen molar-refractivity contribution in [1.29, 1.82) is 0 Å². The van der Waals surface area contributed by atoms with Crippen LogP contribution in [0, 0.1) is 11.6 Å². The van der Waals surface area contributed by atoms with Crippen LogP contribution >= 0.6 is 0 Å². The van der Waals surface area contributed by atoms with E-state index in [0.29, 0.717) is 22.5 Å². The minimum Gasteiger partial charge on any atom is -0.247 e. The standard InChI is InChI=1S/C20H16F2N2O2S/c21-17-7-3-5-15(11-17)13-23-19-9-1-2-10-20(19)24(27(23,25)26)14-16-6-4-8-18(22)12-16/h1-12H,13-14H2. The van der Waals surface area contributed by atoms with Crippen molar-refractivity contribution in [3.05, 3.63) is 95.6 Å². The summed E-state index contributed by atoms with van der Waals surface area (Å²) in [6.07, 6.45) is 0. The fourth-order valence-corrected chi connectivity index (χ4v) is 4.86. The monoisotopic (exact) mass is 386 g/mol. The predicted octanol–water partition coefficient (Wildman–Crippen LogP) is 4.24. The number of nitrogens with zero attached hydrogens (tertiary/aromatic N) is 2. The molecule has 0 fully saturated rings. The molecular formula is C20H16F2N2O2S. The molecule has 4 rings (SSSR count). The van der Waals surface area contributed by atoms with Gasteiger partial charge in [0, 0.05) is 0 Å². The number of rotatable bonds is 4. The first-order valence-electron chi connectivity index (χ1n) is 8.33. The van der Waals surface area contributed by atoms with Crippen molar-refractivity contribution in [2.24, 2.45) is 0 Å². The maximum atomic E-state index is 13.5. The molecule has 0 saturated carbocycles. The van der Waals surface area contributed by atoms with Crippen molar-refractivity contribution < 1.29 is 17.2 Å². The molecule has 0 amide bonds. The molecule has 27 heavy (non-hydrogen) atoms. The summed E-state index contributed by atoms with van der Waals surface area (Å²) in [7, 11) is -3.89. The number of halogens is 2. The zero-order chi connectivity index (χ0) is 19.0. The van der Waals surface area contributed by atoms with Gasteiger partial charge in [-0.15, -0.1) is 0 Å².